The molecule has 2 unspecified atom stereocenters. The third-order valence-electron chi connectivity index (χ3n) is 6.98. The quantitative estimate of drug-likeness (QED) is 0.151. The maximum atomic E-state index is 3.59. The number of imidazole rings is 1. The second-order valence-electron chi connectivity index (χ2n) is 9.73. The van der Waals surface area contributed by atoms with Crippen LogP contribution >= 0.6 is 0 Å². The molecule has 0 aliphatic rings. The van der Waals surface area contributed by atoms with Gasteiger partial charge in [-0.05, 0) is 32.6 Å². The van der Waals surface area contributed by atoms with Crippen LogP contribution < -0.4 is 4.57 Å². The minimum atomic E-state index is 0.624. The van der Waals surface area contributed by atoms with Gasteiger partial charge in [-0.1, -0.05) is 117 Å². The van der Waals surface area contributed by atoms with E-state index in [0.29, 0.717) is 12.0 Å². The highest BCUT2D eigenvalue weighted by Crippen LogP contribution is 2.24. The molecule has 30 heavy (non-hydrogen) atoms. The summed E-state index contributed by atoms with van der Waals surface area (Å²) in [5.41, 5.74) is 0. The number of rotatable bonds is 21. The summed E-state index contributed by atoms with van der Waals surface area (Å²) in [6.07, 6.45) is 31.1. The molecule has 176 valence electrons. The van der Waals surface area contributed by atoms with E-state index < -0.39 is 0 Å². The molecule has 0 aromatic carbocycles. The van der Waals surface area contributed by atoms with Gasteiger partial charge in [0, 0.05) is 0 Å². The fourth-order valence-electron chi connectivity index (χ4n) is 4.84. The van der Waals surface area contributed by atoms with Gasteiger partial charge in [0.1, 0.15) is 12.4 Å². The van der Waals surface area contributed by atoms with Gasteiger partial charge in [0.15, 0.2) is 0 Å². The maximum absolute atomic E-state index is 3.59. The molecule has 0 aliphatic carbocycles. The first kappa shape index (κ1) is 27.2. The number of hydrogen-bond donors (Lipinski definition) is 1. The van der Waals surface area contributed by atoms with Crippen LogP contribution in [0.1, 0.15) is 167 Å². The molecule has 0 fully saturated rings. The molecule has 2 heteroatoms. The van der Waals surface area contributed by atoms with Crippen LogP contribution in [0.5, 0.6) is 0 Å². The highest BCUT2D eigenvalue weighted by molar-refractivity contribution is 4.89. The van der Waals surface area contributed by atoms with Crippen molar-refractivity contribution in [1.29, 1.82) is 0 Å². The number of aromatic amines is 1. The van der Waals surface area contributed by atoms with E-state index in [0.717, 1.165) is 0 Å². The Morgan fingerprint density at radius 2 is 1.13 bits per heavy atom. The van der Waals surface area contributed by atoms with Gasteiger partial charge in [0.2, 0.25) is 0 Å². The van der Waals surface area contributed by atoms with E-state index in [1.807, 2.05) is 0 Å². The van der Waals surface area contributed by atoms with E-state index in [1.54, 1.807) is 0 Å². The van der Waals surface area contributed by atoms with Crippen molar-refractivity contribution in [2.24, 2.45) is 0 Å². The number of hydrogen-bond acceptors (Lipinski definition) is 0. The normalized spacial score (nSPS) is 13.6. The third kappa shape index (κ3) is 12.2. The minimum absolute atomic E-state index is 0.624. The molecular formula is C28H55N2+. The van der Waals surface area contributed by atoms with Crippen molar-refractivity contribution in [3.8, 4) is 0 Å². The fourth-order valence-corrected chi connectivity index (χ4v) is 4.84. The van der Waals surface area contributed by atoms with Crippen LogP contribution in [0.4, 0.5) is 0 Å². The second-order valence-corrected chi connectivity index (χ2v) is 9.73. The molecule has 0 radical (unpaired) electrons. The molecule has 1 N–H and O–H groups in total. The minimum Gasteiger partial charge on any atom is -0.247 e. The van der Waals surface area contributed by atoms with E-state index in [1.165, 1.54) is 128 Å². The van der Waals surface area contributed by atoms with Crippen molar-refractivity contribution in [3.63, 3.8) is 0 Å². The second kappa shape index (κ2) is 18.9. The Hall–Kier alpha value is -0.790. The lowest BCUT2D eigenvalue weighted by atomic mass is 9.96. The van der Waals surface area contributed by atoms with Crippen LogP contribution in [-0.4, -0.2) is 4.98 Å². The predicted octanol–water partition coefficient (Wildman–Crippen LogP) is 9.42. The molecule has 0 saturated carbocycles. The van der Waals surface area contributed by atoms with Gasteiger partial charge < -0.3 is 0 Å². The largest absolute Gasteiger partial charge is 0.257 e. The number of unbranched alkanes of at least 4 members (excludes halogenated alkanes) is 14. The average molecular weight is 420 g/mol. The van der Waals surface area contributed by atoms with Crippen LogP contribution in [0.15, 0.2) is 12.4 Å². The lowest BCUT2D eigenvalue weighted by Gasteiger charge is -2.15. The predicted molar refractivity (Wildman–Crippen MR) is 133 cm³/mol. The summed E-state index contributed by atoms with van der Waals surface area (Å²) < 4.78 is 2.53. The molecule has 1 rings (SSSR count). The van der Waals surface area contributed by atoms with Gasteiger partial charge in [0.05, 0.1) is 12.0 Å². The molecule has 2 atom stereocenters. The summed E-state index contributed by atoms with van der Waals surface area (Å²) in [6, 6.07) is 0.624. The van der Waals surface area contributed by atoms with Crippen molar-refractivity contribution in [2.75, 3.05) is 0 Å². The highest BCUT2D eigenvalue weighted by atomic mass is 15.1. The summed E-state index contributed by atoms with van der Waals surface area (Å²) in [6.45, 7) is 9.35. The zero-order valence-corrected chi connectivity index (χ0v) is 21.2. The van der Waals surface area contributed by atoms with Crippen molar-refractivity contribution in [1.82, 2.24) is 4.98 Å². The Morgan fingerprint density at radius 3 is 1.67 bits per heavy atom. The average Bonchev–Trinajstić information content (AvgIpc) is 3.24. The van der Waals surface area contributed by atoms with Gasteiger partial charge in [-0.3, -0.25) is 0 Å². The van der Waals surface area contributed by atoms with Crippen LogP contribution in [0, 0.1) is 0 Å². The van der Waals surface area contributed by atoms with E-state index in [2.05, 4.69) is 49.6 Å². The van der Waals surface area contributed by atoms with Crippen LogP contribution in [0.2, 0.25) is 0 Å². The first-order valence-corrected chi connectivity index (χ1v) is 13.8. The molecule has 1 heterocycles. The van der Waals surface area contributed by atoms with Gasteiger partial charge in [-0.25, -0.2) is 9.55 Å². The lowest BCUT2D eigenvalue weighted by Crippen LogP contribution is -2.41. The van der Waals surface area contributed by atoms with Crippen molar-refractivity contribution < 1.29 is 4.57 Å². The van der Waals surface area contributed by atoms with Crippen molar-refractivity contribution in [3.05, 3.63) is 18.2 Å². The fraction of sp³-hybridized carbons (Fsp3) is 0.893. The van der Waals surface area contributed by atoms with Crippen LogP contribution in [0.3, 0.4) is 0 Å². The highest BCUT2D eigenvalue weighted by Gasteiger charge is 2.24. The third-order valence-corrected chi connectivity index (χ3v) is 6.98. The van der Waals surface area contributed by atoms with Gasteiger partial charge in [0.25, 0.3) is 5.82 Å². The Bertz CT molecular complexity index is 479. The Kier molecular flexibility index (Phi) is 17.2. The standard InChI is InChI=1S/C28H54N2/c1-5-8-10-11-12-13-14-15-16-17-18-19-21-23-27(7-3)28-29-24-25-30(28)26(4)22-20-9-6-2/h24-27H,5-23H2,1-4H3/p+1. The van der Waals surface area contributed by atoms with E-state index in [9.17, 15) is 0 Å². The number of nitrogens with zero attached hydrogens (tertiary/aromatic N) is 1. The monoisotopic (exact) mass is 419 g/mol. The molecule has 1 aromatic heterocycles. The molecule has 0 spiro atoms. The first-order valence-electron chi connectivity index (χ1n) is 13.8. The topological polar surface area (TPSA) is 19.7 Å². The summed E-state index contributed by atoms with van der Waals surface area (Å²) >= 11 is 0. The van der Waals surface area contributed by atoms with Gasteiger partial charge in [-0.15, -0.1) is 0 Å². The zero-order chi connectivity index (χ0) is 21.9. The summed E-state index contributed by atoms with van der Waals surface area (Å²) in [5, 5.41) is 0. The van der Waals surface area contributed by atoms with E-state index in [4.69, 9.17) is 0 Å². The van der Waals surface area contributed by atoms with Crippen molar-refractivity contribution in [2.45, 2.75) is 162 Å². The zero-order valence-electron chi connectivity index (χ0n) is 21.2. The molecule has 0 aliphatic heterocycles. The Morgan fingerprint density at radius 1 is 0.667 bits per heavy atom. The van der Waals surface area contributed by atoms with Crippen LogP contribution in [-0.2, 0) is 0 Å². The van der Waals surface area contributed by atoms with E-state index in [-0.39, 0.29) is 0 Å². The van der Waals surface area contributed by atoms with Gasteiger partial charge >= 0.3 is 0 Å². The summed E-state index contributed by atoms with van der Waals surface area (Å²) in [4.78, 5) is 3.59. The Balaban J connectivity index is 2.13. The number of H-pyrrole nitrogens is 1. The molecule has 1 aromatic rings. The SMILES string of the molecule is CCCCCCCCCCCCCCCC(CC)c1[nH]cc[n+]1C(C)CCCCC. The van der Waals surface area contributed by atoms with E-state index >= 15 is 0 Å². The maximum Gasteiger partial charge on any atom is 0.257 e. The van der Waals surface area contributed by atoms with Gasteiger partial charge in [-0.2, -0.15) is 0 Å². The molecule has 0 saturated heterocycles. The first-order chi connectivity index (χ1) is 14.7. The lowest BCUT2D eigenvalue weighted by molar-refractivity contribution is -0.727. The smallest absolute Gasteiger partial charge is 0.247 e. The molecule has 0 bridgehead atoms. The number of aromatic nitrogens is 2. The molecular weight excluding hydrogens is 364 g/mol. The molecule has 2 nitrogen and oxygen atoms in total. The van der Waals surface area contributed by atoms with Crippen LogP contribution in [0.25, 0.3) is 0 Å². The summed E-state index contributed by atoms with van der Waals surface area (Å²) in [5.74, 6) is 2.17. The van der Waals surface area contributed by atoms with Crippen molar-refractivity contribution >= 4 is 0 Å². The Labute approximate surface area is 189 Å². The molecule has 0 amide bonds. The summed E-state index contributed by atoms with van der Waals surface area (Å²) in [7, 11) is 0. The number of nitrogens with one attached hydrogen (secondary N) is 1.